The number of hydrogen-bond donors (Lipinski definition) is 0. The number of benzene rings is 2. The van der Waals surface area contributed by atoms with Crippen molar-refractivity contribution in [2.75, 3.05) is 7.11 Å². The molecule has 2 aromatic carbocycles. The summed E-state index contributed by atoms with van der Waals surface area (Å²) in [5.74, 6) is 0.540. The van der Waals surface area contributed by atoms with Gasteiger partial charge in [0.25, 0.3) is 5.24 Å². The normalized spacial score (nSPS) is 17.4. The first-order chi connectivity index (χ1) is 11.6. The second-order valence-electron chi connectivity index (χ2n) is 5.40. The van der Waals surface area contributed by atoms with Crippen molar-refractivity contribution in [2.24, 2.45) is 0 Å². The molecule has 1 saturated heterocycles. The summed E-state index contributed by atoms with van der Waals surface area (Å²) < 4.78 is 5.32. The number of thioether (sulfide) groups is 1. The Bertz CT molecular complexity index is 780. The summed E-state index contributed by atoms with van der Waals surface area (Å²) in [4.78, 5) is 26.2. The van der Waals surface area contributed by atoms with E-state index in [1.165, 1.54) is 4.90 Å². The Labute approximate surface area is 149 Å². The van der Waals surface area contributed by atoms with E-state index in [0.717, 1.165) is 28.6 Å². The number of para-hydroxylation sites is 1. The van der Waals surface area contributed by atoms with Crippen LogP contribution >= 0.6 is 23.4 Å². The Morgan fingerprint density at radius 1 is 1.08 bits per heavy atom. The van der Waals surface area contributed by atoms with E-state index >= 15 is 0 Å². The molecule has 1 fully saturated rings. The zero-order chi connectivity index (χ0) is 17.1. The maximum absolute atomic E-state index is 12.6. The summed E-state index contributed by atoms with van der Waals surface area (Å²) in [6, 6.07) is 14.8. The van der Waals surface area contributed by atoms with Crippen molar-refractivity contribution in [1.82, 2.24) is 4.90 Å². The quantitative estimate of drug-likeness (QED) is 0.802. The molecule has 4 nitrogen and oxygen atoms in total. The second kappa shape index (κ2) is 7.28. The van der Waals surface area contributed by atoms with Gasteiger partial charge in [-0.05, 0) is 29.7 Å². The zero-order valence-corrected chi connectivity index (χ0v) is 14.6. The zero-order valence-electron chi connectivity index (χ0n) is 13.1. The van der Waals surface area contributed by atoms with Crippen LogP contribution in [0.25, 0.3) is 0 Å². The van der Waals surface area contributed by atoms with Gasteiger partial charge in [0, 0.05) is 5.02 Å². The minimum absolute atomic E-state index is 0.184. The first-order valence-electron chi connectivity index (χ1n) is 7.47. The molecule has 1 aliphatic heterocycles. The first kappa shape index (κ1) is 16.9. The molecule has 0 aromatic heterocycles. The summed E-state index contributed by atoms with van der Waals surface area (Å²) >= 11 is 7.19. The third kappa shape index (κ3) is 3.42. The van der Waals surface area contributed by atoms with Gasteiger partial charge < -0.3 is 4.74 Å². The molecule has 0 spiro atoms. The number of methoxy groups -OCH3 is 1. The number of halogens is 1. The van der Waals surface area contributed by atoms with Gasteiger partial charge in [-0.2, -0.15) is 0 Å². The fourth-order valence-corrected chi connectivity index (χ4v) is 3.85. The van der Waals surface area contributed by atoms with Crippen LogP contribution in [0.3, 0.4) is 0 Å². The second-order valence-corrected chi connectivity index (χ2v) is 6.97. The number of imide groups is 1. The summed E-state index contributed by atoms with van der Waals surface area (Å²) in [6.45, 7) is 0.201. The van der Waals surface area contributed by atoms with Crippen LogP contribution < -0.4 is 4.74 Å². The van der Waals surface area contributed by atoms with E-state index in [0.29, 0.717) is 11.4 Å². The summed E-state index contributed by atoms with van der Waals surface area (Å²) in [5, 5.41) is -0.118. The molecule has 124 valence electrons. The van der Waals surface area contributed by atoms with Gasteiger partial charge in [0.2, 0.25) is 5.91 Å². The molecule has 3 rings (SSSR count). The fourth-order valence-electron chi connectivity index (χ4n) is 2.64. The van der Waals surface area contributed by atoms with Gasteiger partial charge in [-0.25, -0.2) is 0 Å². The van der Waals surface area contributed by atoms with Gasteiger partial charge in [-0.15, -0.1) is 0 Å². The molecule has 0 unspecified atom stereocenters. The van der Waals surface area contributed by atoms with Crippen LogP contribution in [-0.2, 0) is 17.8 Å². The monoisotopic (exact) mass is 361 g/mol. The van der Waals surface area contributed by atoms with E-state index < -0.39 is 5.25 Å². The van der Waals surface area contributed by atoms with Crippen molar-refractivity contribution in [1.29, 1.82) is 0 Å². The maximum atomic E-state index is 12.6. The Morgan fingerprint density at radius 3 is 2.46 bits per heavy atom. The smallest absolute Gasteiger partial charge is 0.289 e. The van der Waals surface area contributed by atoms with Crippen LogP contribution in [0, 0.1) is 0 Å². The molecular formula is C18H16ClNO3S. The van der Waals surface area contributed by atoms with Crippen LogP contribution in [0.15, 0.2) is 48.5 Å². The molecule has 0 bridgehead atoms. The van der Waals surface area contributed by atoms with E-state index in [9.17, 15) is 9.59 Å². The molecular weight excluding hydrogens is 346 g/mol. The molecule has 24 heavy (non-hydrogen) atoms. The topological polar surface area (TPSA) is 46.6 Å². The molecule has 0 saturated carbocycles. The largest absolute Gasteiger partial charge is 0.496 e. The Hall–Kier alpha value is -1.98. The molecule has 0 aliphatic carbocycles. The highest BCUT2D eigenvalue weighted by atomic mass is 35.5. The number of carbonyl (C=O) groups is 2. The summed E-state index contributed by atoms with van der Waals surface area (Å²) in [5.41, 5.74) is 1.68. The Kier molecular flexibility index (Phi) is 5.11. The van der Waals surface area contributed by atoms with Gasteiger partial charge in [0.05, 0.1) is 18.9 Å². The summed E-state index contributed by atoms with van der Waals surface area (Å²) in [7, 11) is 1.59. The van der Waals surface area contributed by atoms with Crippen molar-refractivity contribution >= 4 is 34.5 Å². The first-order valence-corrected chi connectivity index (χ1v) is 8.73. The van der Waals surface area contributed by atoms with E-state index in [1.807, 2.05) is 42.5 Å². The van der Waals surface area contributed by atoms with Gasteiger partial charge in [-0.1, -0.05) is 59.8 Å². The van der Waals surface area contributed by atoms with Crippen LogP contribution in [0.1, 0.15) is 11.1 Å². The van der Waals surface area contributed by atoms with Gasteiger partial charge in [0.1, 0.15) is 5.75 Å². The van der Waals surface area contributed by atoms with Gasteiger partial charge in [0.15, 0.2) is 0 Å². The molecule has 6 heteroatoms. The lowest BCUT2D eigenvalue weighted by molar-refractivity contribution is -0.127. The Balaban J connectivity index is 1.76. The molecule has 1 atom stereocenters. The lowest BCUT2D eigenvalue weighted by Gasteiger charge is -2.15. The summed E-state index contributed by atoms with van der Waals surface area (Å²) in [6.07, 6.45) is 0.457. The van der Waals surface area contributed by atoms with Gasteiger partial charge in [-0.3, -0.25) is 14.5 Å². The maximum Gasteiger partial charge on any atom is 0.289 e. The SMILES string of the molecule is COc1ccccc1C[C@@H]1SC(=O)N(Cc2ccccc2Cl)C1=O. The van der Waals surface area contributed by atoms with Crippen LogP contribution in [0.2, 0.25) is 5.02 Å². The lowest BCUT2D eigenvalue weighted by Crippen LogP contribution is -2.31. The van der Waals surface area contributed by atoms with Crippen molar-refractivity contribution < 1.29 is 14.3 Å². The predicted molar refractivity (Wildman–Crippen MR) is 95.5 cm³/mol. The molecule has 1 aliphatic rings. The van der Waals surface area contributed by atoms with Gasteiger partial charge >= 0.3 is 0 Å². The number of nitrogens with zero attached hydrogens (tertiary/aromatic N) is 1. The highest BCUT2D eigenvalue weighted by Crippen LogP contribution is 2.33. The number of carbonyl (C=O) groups excluding carboxylic acids is 2. The van der Waals surface area contributed by atoms with Crippen molar-refractivity contribution in [3.05, 3.63) is 64.7 Å². The van der Waals surface area contributed by atoms with Crippen LogP contribution in [0.5, 0.6) is 5.75 Å². The fraction of sp³-hybridized carbons (Fsp3) is 0.222. The highest BCUT2D eigenvalue weighted by Gasteiger charge is 2.39. The van der Waals surface area contributed by atoms with E-state index in [-0.39, 0.29) is 17.7 Å². The highest BCUT2D eigenvalue weighted by molar-refractivity contribution is 8.15. The van der Waals surface area contributed by atoms with E-state index in [4.69, 9.17) is 16.3 Å². The molecule has 1 heterocycles. The van der Waals surface area contributed by atoms with Crippen molar-refractivity contribution in [3.63, 3.8) is 0 Å². The number of rotatable bonds is 5. The number of hydrogen-bond acceptors (Lipinski definition) is 4. The number of amides is 2. The molecule has 0 radical (unpaired) electrons. The predicted octanol–water partition coefficient (Wildman–Crippen LogP) is 4.16. The van der Waals surface area contributed by atoms with Crippen molar-refractivity contribution in [2.45, 2.75) is 18.2 Å². The minimum Gasteiger partial charge on any atom is -0.496 e. The van der Waals surface area contributed by atoms with Crippen LogP contribution in [-0.4, -0.2) is 28.4 Å². The molecule has 2 amide bonds. The van der Waals surface area contributed by atoms with Crippen molar-refractivity contribution in [3.8, 4) is 5.75 Å². The third-order valence-corrected chi connectivity index (χ3v) is 5.33. The lowest BCUT2D eigenvalue weighted by atomic mass is 10.1. The standard InChI is InChI=1S/C18H16ClNO3S/c1-23-15-9-5-3-6-12(15)10-16-17(21)20(18(22)24-16)11-13-7-2-4-8-14(13)19/h2-9,16H,10-11H2,1H3/t16-/m0/s1. The van der Waals surface area contributed by atoms with E-state index in [1.54, 1.807) is 13.2 Å². The molecule has 2 aromatic rings. The van der Waals surface area contributed by atoms with E-state index in [2.05, 4.69) is 0 Å². The molecule has 0 N–H and O–H groups in total. The average Bonchev–Trinajstić information content (AvgIpc) is 2.85. The third-order valence-electron chi connectivity index (χ3n) is 3.89. The Morgan fingerprint density at radius 2 is 1.75 bits per heavy atom. The number of ether oxygens (including phenoxy) is 1. The average molecular weight is 362 g/mol. The minimum atomic E-state index is -0.434. The van der Waals surface area contributed by atoms with Crippen LogP contribution in [0.4, 0.5) is 4.79 Å².